The number of hydrogen-bond donors (Lipinski definition) is 0. The average Bonchev–Trinajstić information content (AvgIpc) is 3.32. The first kappa shape index (κ1) is 22.3. The summed E-state index contributed by atoms with van der Waals surface area (Å²) in [5.41, 5.74) is 3.42. The number of esters is 1. The third-order valence-corrected chi connectivity index (χ3v) is 7.26. The molecule has 0 aromatic heterocycles. The van der Waals surface area contributed by atoms with Crippen LogP contribution < -0.4 is 14.5 Å². The maximum atomic E-state index is 12.8. The molecule has 2 aromatic carbocycles. The van der Waals surface area contributed by atoms with Gasteiger partial charge in [-0.25, -0.2) is 0 Å². The van der Waals surface area contributed by atoms with Gasteiger partial charge in [0.15, 0.2) is 0 Å². The molecule has 2 saturated heterocycles. The van der Waals surface area contributed by atoms with E-state index < -0.39 is 11.9 Å². The summed E-state index contributed by atoms with van der Waals surface area (Å²) in [6.07, 6.45) is 3.59. The van der Waals surface area contributed by atoms with Crippen LogP contribution in [0, 0.1) is 31.6 Å². The molecule has 3 fully saturated rings. The number of ether oxygens (including phenoxy) is 1. The number of hydrogen-bond acceptors (Lipinski definition) is 5. The summed E-state index contributed by atoms with van der Waals surface area (Å²) in [7, 11) is 0. The molecule has 7 nitrogen and oxygen atoms in total. The number of imide groups is 1. The van der Waals surface area contributed by atoms with Crippen LogP contribution in [0.1, 0.15) is 43.2 Å². The highest BCUT2D eigenvalue weighted by molar-refractivity contribution is 6.22. The Morgan fingerprint density at radius 2 is 1.56 bits per heavy atom. The first-order valence-electron chi connectivity index (χ1n) is 11.9. The molecule has 5 rings (SSSR count). The fourth-order valence-corrected chi connectivity index (χ4v) is 5.49. The van der Waals surface area contributed by atoms with Gasteiger partial charge >= 0.3 is 5.97 Å². The fourth-order valence-electron chi connectivity index (χ4n) is 5.49. The van der Waals surface area contributed by atoms with Crippen molar-refractivity contribution in [3.05, 3.63) is 53.6 Å². The molecule has 0 bridgehead atoms. The molecule has 7 heteroatoms. The predicted molar refractivity (Wildman–Crippen MR) is 126 cm³/mol. The Hall–Kier alpha value is -3.48. The Morgan fingerprint density at radius 1 is 0.912 bits per heavy atom. The highest BCUT2D eigenvalue weighted by atomic mass is 16.5. The highest BCUT2D eigenvalue weighted by Crippen LogP contribution is 2.40. The molecule has 1 aliphatic carbocycles. The monoisotopic (exact) mass is 460 g/mol. The Labute approximate surface area is 198 Å². The number of carbonyl (C=O) groups excluding carboxylic acids is 4. The van der Waals surface area contributed by atoms with Crippen LogP contribution in [0.2, 0.25) is 0 Å². The molecule has 2 heterocycles. The highest BCUT2D eigenvalue weighted by Gasteiger charge is 2.48. The van der Waals surface area contributed by atoms with Crippen molar-refractivity contribution in [3.63, 3.8) is 0 Å². The SMILES string of the molecule is Cc1ccc(N2C[C@H](C(=O)Oc3ccc(N4C(=O)[C@@H]5CCCC[C@H]5C4=O)cc3)CC2=O)c(C)c1. The zero-order valence-corrected chi connectivity index (χ0v) is 19.5. The normalized spacial score (nSPS) is 24.5. The van der Waals surface area contributed by atoms with Gasteiger partial charge in [0.1, 0.15) is 5.75 Å². The van der Waals surface area contributed by atoms with Gasteiger partial charge in [0.05, 0.1) is 23.4 Å². The molecule has 1 saturated carbocycles. The van der Waals surface area contributed by atoms with Gasteiger partial charge < -0.3 is 9.64 Å². The van der Waals surface area contributed by atoms with Crippen LogP contribution in [-0.4, -0.2) is 30.2 Å². The second-order valence-electron chi connectivity index (χ2n) is 9.62. The number of rotatable bonds is 4. The summed E-state index contributed by atoms with van der Waals surface area (Å²) in [6.45, 7) is 4.23. The number of aryl methyl sites for hydroxylation is 2. The molecule has 2 aromatic rings. The zero-order chi connectivity index (χ0) is 24.0. The van der Waals surface area contributed by atoms with Crippen molar-refractivity contribution in [1.29, 1.82) is 0 Å². The van der Waals surface area contributed by atoms with Gasteiger partial charge in [-0.05, 0) is 62.6 Å². The second-order valence-corrected chi connectivity index (χ2v) is 9.62. The minimum atomic E-state index is -0.558. The lowest BCUT2D eigenvalue weighted by Crippen LogP contribution is -2.30. The van der Waals surface area contributed by atoms with E-state index in [1.807, 2.05) is 32.0 Å². The molecule has 0 N–H and O–H groups in total. The summed E-state index contributed by atoms with van der Waals surface area (Å²) in [5.74, 6) is -1.48. The van der Waals surface area contributed by atoms with Gasteiger partial charge in [-0.2, -0.15) is 0 Å². The fraction of sp³-hybridized carbons (Fsp3) is 0.407. The Morgan fingerprint density at radius 3 is 2.18 bits per heavy atom. The maximum Gasteiger partial charge on any atom is 0.316 e. The van der Waals surface area contributed by atoms with Crippen molar-refractivity contribution in [2.75, 3.05) is 16.3 Å². The Kier molecular flexibility index (Phi) is 5.71. The minimum Gasteiger partial charge on any atom is -0.426 e. The number of nitrogens with zero attached hydrogens (tertiary/aromatic N) is 2. The smallest absolute Gasteiger partial charge is 0.316 e. The number of amides is 3. The molecule has 34 heavy (non-hydrogen) atoms. The van der Waals surface area contributed by atoms with E-state index in [2.05, 4.69) is 0 Å². The van der Waals surface area contributed by atoms with Crippen LogP contribution in [0.25, 0.3) is 0 Å². The Balaban J connectivity index is 1.25. The molecular weight excluding hydrogens is 432 g/mol. The van der Waals surface area contributed by atoms with E-state index >= 15 is 0 Å². The van der Waals surface area contributed by atoms with Crippen LogP contribution >= 0.6 is 0 Å². The molecule has 0 spiro atoms. The minimum absolute atomic E-state index is 0.100. The summed E-state index contributed by atoms with van der Waals surface area (Å²) in [4.78, 5) is 53.9. The van der Waals surface area contributed by atoms with E-state index in [4.69, 9.17) is 4.74 Å². The molecule has 0 unspecified atom stereocenters. The lowest BCUT2D eigenvalue weighted by Gasteiger charge is -2.19. The van der Waals surface area contributed by atoms with E-state index in [0.717, 1.165) is 42.5 Å². The number of anilines is 2. The lowest BCUT2D eigenvalue weighted by molar-refractivity contribution is -0.139. The van der Waals surface area contributed by atoms with Crippen molar-refractivity contribution in [2.45, 2.75) is 46.0 Å². The van der Waals surface area contributed by atoms with Gasteiger partial charge in [0, 0.05) is 18.7 Å². The molecule has 3 amide bonds. The summed E-state index contributed by atoms with van der Waals surface area (Å²) in [6, 6.07) is 12.3. The summed E-state index contributed by atoms with van der Waals surface area (Å²) in [5, 5.41) is 0. The molecule has 0 radical (unpaired) electrons. The lowest BCUT2D eigenvalue weighted by atomic mass is 9.81. The van der Waals surface area contributed by atoms with Gasteiger partial charge in [-0.1, -0.05) is 30.5 Å². The molecule has 3 aliphatic rings. The van der Waals surface area contributed by atoms with E-state index in [0.29, 0.717) is 11.4 Å². The topological polar surface area (TPSA) is 84.0 Å². The van der Waals surface area contributed by atoms with Crippen molar-refractivity contribution >= 4 is 35.1 Å². The van der Waals surface area contributed by atoms with Crippen LogP contribution in [0.15, 0.2) is 42.5 Å². The maximum absolute atomic E-state index is 12.8. The van der Waals surface area contributed by atoms with Crippen LogP contribution in [0.3, 0.4) is 0 Å². The summed E-state index contributed by atoms with van der Waals surface area (Å²) >= 11 is 0. The van der Waals surface area contributed by atoms with Crippen molar-refractivity contribution < 1.29 is 23.9 Å². The number of fused-ring (bicyclic) bond motifs is 1. The average molecular weight is 461 g/mol. The van der Waals surface area contributed by atoms with E-state index in [-0.39, 0.29) is 42.5 Å². The largest absolute Gasteiger partial charge is 0.426 e. The second kappa shape index (κ2) is 8.70. The number of carbonyl (C=O) groups is 4. The van der Waals surface area contributed by atoms with Crippen LogP contribution in [0.5, 0.6) is 5.75 Å². The molecule has 176 valence electrons. The first-order valence-corrected chi connectivity index (χ1v) is 11.9. The van der Waals surface area contributed by atoms with Crippen molar-refractivity contribution in [3.8, 4) is 5.75 Å². The molecule has 3 atom stereocenters. The molecule has 2 aliphatic heterocycles. The predicted octanol–water partition coefficient (Wildman–Crippen LogP) is 3.94. The summed E-state index contributed by atoms with van der Waals surface area (Å²) < 4.78 is 5.54. The first-order chi connectivity index (χ1) is 16.3. The third-order valence-electron chi connectivity index (χ3n) is 7.26. The molecular formula is C27H28N2O5. The Bertz CT molecular complexity index is 1150. The van der Waals surface area contributed by atoms with Gasteiger partial charge in [-0.15, -0.1) is 0 Å². The van der Waals surface area contributed by atoms with Gasteiger partial charge in [0.2, 0.25) is 17.7 Å². The zero-order valence-electron chi connectivity index (χ0n) is 19.5. The number of benzene rings is 2. The van der Waals surface area contributed by atoms with Gasteiger partial charge in [0.25, 0.3) is 0 Å². The van der Waals surface area contributed by atoms with E-state index in [1.165, 1.54) is 4.90 Å². The van der Waals surface area contributed by atoms with Gasteiger partial charge in [-0.3, -0.25) is 24.1 Å². The van der Waals surface area contributed by atoms with Crippen molar-refractivity contribution in [2.24, 2.45) is 17.8 Å². The standard InChI is InChI=1S/C27H28N2O5/c1-16-7-12-23(17(2)13-16)28-15-18(14-24(28)30)27(33)34-20-10-8-19(9-11-20)29-25(31)21-5-3-4-6-22(21)26(29)32/h7-13,18,21-22H,3-6,14-15H2,1-2H3/t18-,21-,22-/m1/s1. The third kappa shape index (κ3) is 3.89. The van der Waals surface area contributed by atoms with Crippen molar-refractivity contribution in [1.82, 2.24) is 0 Å². The quantitative estimate of drug-likeness (QED) is 0.392. The van der Waals surface area contributed by atoms with Crippen LogP contribution in [-0.2, 0) is 19.2 Å². The van der Waals surface area contributed by atoms with E-state index in [1.54, 1.807) is 29.2 Å². The van der Waals surface area contributed by atoms with Crippen LogP contribution in [0.4, 0.5) is 11.4 Å². The van der Waals surface area contributed by atoms with E-state index in [9.17, 15) is 19.2 Å².